The molecule has 0 aromatic heterocycles. The van der Waals surface area contributed by atoms with Gasteiger partial charge in [-0.25, -0.2) is 8.78 Å². The molecule has 15 heavy (non-hydrogen) atoms. The third-order valence-corrected chi connectivity index (χ3v) is 3.20. The zero-order chi connectivity index (χ0) is 11.1. The van der Waals surface area contributed by atoms with E-state index in [1.54, 1.807) is 0 Å². The Hall–Kier alpha value is -0.960. The molecule has 1 aliphatic carbocycles. The van der Waals surface area contributed by atoms with E-state index in [9.17, 15) is 13.9 Å². The Labute approximate surface area is 87.7 Å². The first-order chi connectivity index (χ1) is 7.05. The fourth-order valence-corrected chi connectivity index (χ4v) is 2.10. The third kappa shape index (κ3) is 2.02. The lowest BCUT2D eigenvalue weighted by molar-refractivity contribution is 0.129. The van der Waals surface area contributed by atoms with Gasteiger partial charge >= 0.3 is 0 Å². The van der Waals surface area contributed by atoms with Gasteiger partial charge in [0.05, 0.1) is 5.60 Å². The molecule has 0 bridgehead atoms. The highest BCUT2D eigenvalue weighted by molar-refractivity contribution is 5.23. The van der Waals surface area contributed by atoms with Gasteiger partial charge in [-0.3, -0.25) is 0 Å². The maximum atomic E-state index is 13.3. The molecule has 0 saturated heterocycles. The van der Waals surface area contributed by atoms with E-state index in [1.807, 2.05) is 6.92 Å². The number of halogens is 2. The Kier molecular flexibility index (Phi) is 2.51. The smallest absolute Gasteiger partial charge is 0.129 e. The van der Waals surface area contributed by atoms with E-state index in [4.69, 9.17) is 0 Å². The topological polar surface area (TPSA) is 20.2 Å². The molecule has 1 N–H and O–H groups in total. The maximum Gasteiger partial charge on any atom is 0.129 e. The molecule has 1 aromatic rings. The fraction of sp³-hybridized carbons (Fsp3) is 0.500. The van der Waals surface area contributed by atoms with Gasteiger partial charge in [-0.2, -0.15) is 0 Å². The first kappa shape index (κ1) is 10.6. The number of hydrogen-bond acceptors (Lipinski definition) is 1. The van der Waals surface area contributed by atoms with Crippen LogP contribution in [0.5, 0.6) is 0 Å². The predicted molar refractivity (Wildman–Crippen MR) is 53.4 cm³/mol. The van der Waals surface area contributed by atoms with Gasteiger partial charge in [0, 0.05) is 12.5 Å². The Morgan fingerprint density at radius 3 is 2.73 bits per heavy atom. The number of benzene rings is 1. The fourth-order valence-electron chi connectivity index (χ4n) is 2.10. The Morgan fingerprint density at radius 2 is 2.20 bits per heavy atom. The minimum atomic E-state index is -0.757. The highest BCUT2D eigenvalue weighted by Crippen LogP contribution is 2.48. The van der Waals surface area contributed by atoms with Crippen LogP contribution in [0.1, 0.15) is 25.3 Å². The Balaban J connectivity index is 2.12. The monoisotopic (exact) mass is 212 g/mol. The Morgan fingerprint density at radius 1 is 1.47 bits per heavy atom. The molecule has 0 heterocycles. The van der Waals surface area contributed by atoms with Crippen molar-refractivity contribution in [3.63, 3.8) is 0 Å². The van der Waals surface area contributed by atoms with Crippen LogP contribution in [0.4, 0.5) is 8.78 Å². The lowest BCUT2D eigenvalue weighted by atomic mass is 10.0. The van der Waals surface area contributed by atoms with E-state index in [1.165, 1.54) is 12.1 Å². The summed E-state index contributed by atoms with van der Waals surface area (Å²) in [6.07, 6.45) is 1.91. The van der Waals surface area contributed by atoms with Crippen molar-refractivity contribution in [2.45, 2.75) is 31.8 Å². The normalized spacial score (nSPS) is 29.2. The molecule has 2 rings (SSSR count). The van der Waals surface area contributed by atoms with E-state index in [-0.39, 0.29) is 12.3 Å². The van der Waals surface area contributed by atoms with Gasteiger partial charge in [-0.15, -0.1) is 0 Å². The zero-order valence-electron chi connectivity index (χ0n) is 8.63. The van der Waals surface area contributed by atoms with E-state index >= 15 is 0 Å². The third-order valence-electron chi connectivity index (χ3n) is 3.20. The lowest BCUT2D eigenvalue weighted by Crippen LogP contribution is -2.15. The van der Waals surface area contributed by atoms with Crippen molar-refractivity contribution in [1.29, 1.82) is 0 Å². The van der Waals surface area contributed by atoms with Gasteiger partial charge in [-0.1, -0.05) is 19.4 Å². The average Bonchev–Trinajstić information content (AvgIpc) is 2.82. The van der Waals surface area contributed by atoms with Crippen LogP contribution >= 0.6 is 0 Å². The van der Waals surface area contributed by atoms with Crippen molar-refractivity contribution < 1.29 is 13.9 Å². The number of aliphatic hydroxyl groups is 1. The average molecular weight is 212 g/mol. The van der Waals surface area contributed by atoms with Crippen molar-refractivity contribution in [2.75, 3.05) is 0 Å². The SMILES string of the molecule is CCC1CC1(O)Cc1ccc(F)cc1F. The second-order valence-electron chi connectivity index (χ2n) is 4.33. The minimum absolute atomic E-state index is 0.266. The molecule has 0 amide bonds. The minimum Gasteiger partial charge on any atom is -0.389 e. The van der Waals surface area contributed by atoms with Crippen LogP contribution in [0.2, 0.25) is 0 Å². The van der Waals surface area contributed by atoms with Gasteiger partial charge in [0.25, 0.3) is 0 Å². The van der Waals surface area contributed by atoms with E-state index < -0.39 is 17.2 Å². The maximum absolute atomic E-state index is 13.3. The van der Waals surface area contributed by atoms with E-state index in [0.717, 1.165) is 18.9 Å². The van der Waals surface area contributed by atoms with Crippen molar-refractivity contribution >= 4 is 0 Å². The first-order valence-electron chi connectivity index (χ1n) is 5.21. The molecule has 0 spiro atoms. The standard InChI is InChI=1S/C12H14F2O/c1-2-9-7-12(9,15)6-8-3-4-10(13)5-11(8)14/h3-5,9,15H,2,6-7H2,1H3. The van der Waals surface area contributed by atoms with Crippen molar-refractivity contribution in [3.05, 3.63) is 35.4 Å². The van der Waals surface area contributed by atoms with Crippen molar-refractivity contribution in [3.8, 4) is 0 Å². The summed E-state index contributed by atoms with van der Waals surface area (Å²) in [5.74, 6) is -0.877. The summed E-state index contributed by atoms with van der Waals surface area (Å²) in [6.45, 7) is 2.00. The lowest BCUT2D eigenvalue weighted by Gasteiger charge is -2.10. The van der Waals surface area contributed by atoms with Crippen LogP contribution < -0.4 is 0 Å². The summed E-state index contributed by atoms with van der Waals surface area (Å²) >= 11 is 0. The molecular formula is C12H14F2O. The molecule has 0 radical (unpaired) electrons. The van der Waals surface area contributed by atoms with Crippen LogP contribution in [-0.4, -0.2) is 10.7 Å². The summed E-state index contributed by atoms with van der Waals surface area (Å²) in [4.78, 5) is 0. The van der Waals surface area contributed by atoms with Gasteiger partial charge in [0.1, 0.15) is 11.6 Å². The molecule has 1 nitrogen and oxygen atoms in total. The molecule has 1 fully saturated rings. The summed E-state index contributed by atoms with van der Waals surface area (Å²) in [5.41, 5.74) is -0.359. The van der Waals surface area contributed by atoms with Gasteiger partial charge in [0.2, 0.25) is 0 Å². The van der Waals surface area contributed by atoms with Crippen LogP contribution in [0, 0.1) is 17.6 Å². The second-order valence-corrected chi connectivity index (χ2v) is 4.33. The van der Waals surface area contributed by atoms with Crippen LogP contribution in [0.3, 0.4) is 0 Å². The molecule has 1 aromatic carbocycles. The van der Waals surface area contributed by atoms with Gasteiger partial charge < -0.3 is 5.11 Å². The summed E-state index contributed by atoms with van der Waals surface area (Å²) in [5, 5.41) is 9.98. The molecule has 1 saturated carbocycles. The zero-order valence-corrected chi connectivity index (χ0v) is 8.63. The molecule has 82 valence electrons. The van der Waals surface area contributed by atoms with Gasteiger partial charge in [0.15, 0.2) is 0 Å². The summed E-state index contributed by atoms with van der Waals surface area (Å²) < 4.78 is 25.9. The number of hydrogen-bond donors (Lipinski definition) is 1. The van der Waals surface area contributed by atoms with Crippen LogP contribution in [0.15, 0.2) is 18.2 Å². The van der Waals surface area contributed by atoms with E-state index in [2.05, 4.69) is 0 Å². The van der Waals surface area contributed by atoms with Crippen molar-refractivity contribution in [1.82, 2.24) is 0 Å². The van der Waals surface area contributed by atoms with Gasteiger partial charge in [-0.05, 0) is 24.0 Å². The molecular weight excluding hydrogens is 198 g/mol. The highest BCUT2D eigenvalue weighted by Gasteiger charge is 2.51. The molecule has 3 heteroatoms. The molecule has 2 unspecified atom stereocenters. The van der Waals surface area contributed by atoms with E-state index in [0.29, 0.717) is 5.56 Å². The highest BCUT2D eigenvalue weighted by atomic mass is 19.1. The first-order valence-corrected chi connectivity index (χ1v) is 5.21. The second kappa shape index (κ2) is 3.56. The summed E-state index contributed by atoms with van der Waals surface area (Å²) in [7, 11) is 0. The van der Waals surface area contributed by atoms with Crippen molar-refractivity contribution in [2.24, 2.45) is 5.92 Å². The largest absolute Gasteiger partial charge is 0.389 e. The van der Waals surface area contributed by atoms with Crippen LogP contribution in [0.25, 0.3) is 0 Å². The Bertz CT molecular complexity index is 378. The molecule has 2 atom stereocenters. The summed E-state index contributed by atoms with van der Waals surface area (Å²) in [6, 6.07) is 3.50. The number of rotatable bonds is 3. The predicted octanol–water partition coefficient (Wildman–Crippen LogP) is 2.67. The molecule has 1 aliphatic rings. The van der Waals surface area contributed by atoms with Crippen LogP contribution in [-0.2, 0) is 6.42 Å². The quantitative estimate of drug-likeness (QED) is 0.816. The molecule has 0 aliphatic heterocycles.